The molecule has 0 aliphatic carbocycles. The summed E-state index contributed by atoms with van der Waals surface area (Å²) in [4.78, 5) is 10.5. The SMILES string of the molecule is O=Cn1ccc2c(Br)cccc21. The molecule has 3 heteroatoms. The fourth-order valence-corrected chi connectivity index (χ4v) is 1.73. The van der Waals surface area contributed by atoms with E-state index in [9.17, 15) is 4.79 Å². The van der Waals surface area contributed by atoms with Crippen molar-refractivity contribution >= 4 is 33.2 Å². The number of carbonyl (C=O) groups excluding carboxylic acids is 1. The fraction of sp³-hybridized carbons (Fsp3) is 0. The lowest BCUT2D eigenvalue weighted by molar-refractivity contribution is 0.549. The molecule has 0 N–H and O–H groups in total. The van der Waals surface area contributed by atoms with E-state index >= 15 is 0 Å². The number of rotatable bonds is 1. The monoisotopic (exact) mass is 223 g/mol. The van der Waals surface area contributed by atoms with Crippen molar-refractivity contribution in [1.29, 1.82) is 0 Å². The Balaban J connectivity index is 2.88. The predicted molar refractivity (Wildman–Crippen MR) is 51.8 cm³/mol. The zero-order valence-electron chi connectivity index (χ0n) is 6.20. The van der Waals surface area contributed by atoms with E-state index in [2.05, 4.69) is 15.9 Å². The largest absolute Gasteiger partial charge is 0.290 e. The number of fused-ring (bicyclic) bond motifs is 1. The number of benzene rings is 1. The maximum atomic E-state index is 10.5. The summed E-state index contributed by atoms with van der Waals surface area (Å²) >= 11 is 3.41. The summed E-state index contributed by atoms with van der Waals surface area (Å²) in [5.41, 5.74) is 0.930. The molecule has 0 saturated heterocycles. The second kappa shape index (κ2) is 2.75. The standard InChI is InChI=1S/C9H6BrNO/c10-8-2-1-3-9-7(8)4-5-11(9)6-12/h1-6H. The molecular formula is C9H6BrNO. The molecule has 1 aromatic heterocycles. The maximum absolute atomic E-state index is 10.5. The van der Waals surface area contributed by atoms with Gasteiger partial charge in [0.2, 0.25) is 6.41 Å². The van der Waals surface area contributed by atoms with Gasteiger partial charge >= 0.3 is 0 Å². The quantitative estimate of drug-likeness (QED) is 0.682. The van der Waals surface area contributed by atoms with Crippen molar-refractivity contribution in [3.63, 3.8) is 0 Å². The Labute approximate surface area is 77.9 Å². The van der Waals surface area contributed by atoms with Gasteiger partial charge in [-0.3, -0.25) is 9.36 Å². The number of halogens is 1. The first-order valence-corrected chi connectivity index (χ1v) is 4.32. The van der Waals surface area contributed by atoms with E-state index in [0.29, 0.717) is 0 Å². The summed E-state index contributed by atoms with van der Waals surface area (Å²) in [6, 6.07) is 7.69. The third-order valence-corrected chi connectivity index (χ3v) is 2.51. The van der Waals surface area contributed by atoms with Crippen LogP contribution >= 0.6 is 15.9 Å². The number of carbonyl (C=O) groups is 1. The van der Waals surface area contributed by atoms with Crippen molar-refractivity contribution in [1.82, 2.24) is 4.57 Å². The molecular weight excluding hydrogens is 218 g/mol. The first-order chi connectivity index (χ1) is 5.83. The van der Waals surface area contributed by atoms with E-state index in [1.807, 2.05) is 24.3 Å². The third-order valence-electron chi connectivity index (χ3n) is 1.82. The molecule has 60 valence electrons. The second-order valence-electron chi connectivity index (χ2n) is 2.50. The molecule has 0 fully saturated rings. The number of aromatic nitrogens is 1. The maximum Gasteiger partial charge on any atom is 0.218 e. The molecule has 1 heterocycles. The van der Waals surface area contributed by atoms with Gasteiger partial charge in [0, 0.05) is 16.1 Å². The van der Waals surface area contributed by atoms with E-state index in [0.717, 1.165) is 21.8 Å². The van der Waals surface area contributed by atoms with Crippen LogP contribution in [0.15, 0.2) is 34.9 Å². The smallest absolute Gasteiger partial charge is 0.218 e. The van der Waals surface area contributed by atoms with Crippen LogP contribution in [0, 0.1) is 0 Å². The van der Waals surface area contributed by atoms with Gasteiger partial charge in [-0.1, -0.05) is 22.0 Å². The van der Waals surface area contributed by atoms with Gasteiger partial charge in [-0.25, -0.2) is 0 Å². The molecule has 0 unspecified atom stereocenters. The first-order valence-electron chi connectivity index (χ1n) is 3.53. The van der Waals surface area contributed by atoms with Crippen molar-refractivity contribution in [2.24, 2.45) is 0 Å². The zero-order chi connectivity index (χ0) is 8.55. The van der Waals surface area contributed by atoms with Gasteiger partial charge < -0.3 is 0 Å². The Bertz CT molecular complexity index is 433. The van der Waals surface area contributed by atoms with Crippen LogP contribution < -0.4 is 0 Å². The number of hydrogen-bond donors (Lipinski definition) is 0. The molecule has 0 aliphatic heterocycles. The van der Waals surface area contributed by atoms with Gasteiger partial charge in [0.25, 0.3) is 0 Å². The Morgan fingerprint density at radius 2 is 2.17 bits per heavy atom. The minimum absolute atomic E-state index is 0.800. The predicted octanol–water partition coefficient (Wildman–Crippen LogP) is 2.44. The van der Waals surface area contributed by atoms with Gasteiger partial charge in [-0.15, -0.1) is 0 Å². The Morgan fingerprint density at radius 1 is 1.33 bits per heavy atom. The van der Waals surface area contributed by atoms with E-state index in [1.165, 1.54) is 0 Å². The van der Waals surface area contributed by atoms with Crippen LogP contribution in [-0.4, -0.2) is 11.0 Å². The summed E-state index contributed by atoms with van der Waals surface area (Å²) in [7, 11) is 0. The number of nitrogens with zero attached hydrogens (tertiary/aromatic N) is 1. The van der Waals surface area contributed by atoms with Crippen LogP contribution in [0.4, 0.5) is 0 Å². The Kier molecular flexibility index (Phi) is 1.73. The summed E-state index contributed by atoms with van der Waals surface area (Å²) < 4.78 is 2.57. The van der Waals surface area contributed by atoms with E-state index < -0.39 is 0 Å². The molecule has 1 aromatic carbocycles. The van der Waals surface area contributed by atoms with Crippen LogP contribution in [0.5, 0.6) is 0 Å². The molecule has 0 bridgehead atoms. The second-order valence-corrected chi connectivity index (χ2v) is 3.36. The van der Waals surface area contributed by atoms with Gasteiger partial charge in [0.05, 0.1) is 5.52 Å². The minimum Gasteiger partial charge on any atom is -0.290 e. The Morgan fingerprint density at radius 3 is 2.92 bits per heavy atom. The highest BCUT2D eigenvalue weighted by Crippen LogP contribution is 2.23. The van der Waals surface area contributed by atoms with E-state index in [1.54, 1.807) is 10.8 Å². The van der Waals surface area contributed by atoms with Crippen LogP contribution in [0.1, 0.15) is 0 Å². The highest BCUT2D eigenvalue weighted by atomic mass is 79.9. The molecule has 0 atom stereocenters. The molecule has 0 radical (unpaired) electrons. The van der Waals surface area contributed by atoms with Crippen molar-refractivity contribution < 1.29 is 4.79 Å². The molecule has 2 rings (SSSR count). The van der Waals surface area contributed by atoms with Crippen LogP contribution in [0.2, 0.25) is 0 Å². The van der Waals surface area contributed by atoms with Gasteiger partial charge in [-0.05, 0) is 18.2 Å². The Hall–Kier alpha value is -1.09. The highest BCUT2D eigenvalue weighted by molar-refractivity contribution is 9.10. The van der Waals surface area contributed by atoms with E-state index in [-0.39, 0.29) is 0 Å². The van der Waals surface area contributed by atoms with Crippen LogP contribution in [0.3, 0.4) is 0 Å². The highest BCUT2D eigenvalue weighted by Gasteiger charge is 2.01. The van der Waals surface area contributed by atoms with Gasteiger partial charge in [0.15, 0.2) is 0 Å². The lowest BCUT2D eigenvalue weighted by atomic mass is 10.2. The van der Waals surface area contributed by atoms with Gasteiger partial charge in [-0.2, -0.15) is 0 Å². The van der Waals surface area contributed by atoms with Crippen LogP contribution in [0.25, 0.3) is 10.9 Å². The molecule has 0 amide bonds. The first kappa shape index (κ1) is 7.55. The summed E-state index contributed by atoms with van der Waals surface area (Å²) in [5.74, 6) is 0. The van der Waals surface area contributed by atoms with Crippen molar-refractivity contribution in [3.05, 3.63) is 34.9 Å². The summed E-state index contributed by atoms with van der Waals surface area (Å²) in [6.45, 7) is 0. The topological polar surface area (TPSA) is 22.0 Å². The molecule has 0 aliphatic rings. The lowest BCUT2D eigenvalue weighted by Crippen LogP contribution is -1.89. The van der Waals surface area contributed by atoms with Gasteiger partial charge in [0.1, 0.15) is 0 Å². The van der Waals surface area contributed by atoms with E-state index in [4.69, 9.17) is 0 Å². The summed E-state index contributed by atoms with van der Waals surface area (Å²) in [6.07, 6.45) is 2.55. The lowest BCUT2D eigenvalue weighted by Gasteiger charge is -1.94. The molecule has 0 spiro atoms. The zero-order valence-corrected chi connectivity index (χ0v) is 7.78. The molecule has 0 saturated carbocycles. The van der Waals surface area contributed by atoms with Crippen molar-refractivity contribution in [3.8, 4) is 0 Å². The average molecular weight is 224 g/mol. The van der Waals surface area contributed by atoms with Crippen molar-refractivity contribution in [2.75, 3.05) is 0 Å². The minimum atomic E-state index is 0.800. The third kappa shape index (κ3) is 0.975. The van der Waals surface area contributed by atoms with Crippen molar-refractivity contribution in [2.45, 2.75) is 0 Å². The normalized spacial score (nSPS) is 10.4. The number of hydrogen-bond acceptors (Lipinski definition) is 1. The average Bonchev–Trinajstić information content (AvgIpc) is 2.49. The fourth-order valence-electron chi connectivity index (χ4n) is 1.24. The summed E-state index contributed by atoms with van der Waals surface area (Å²) in [5, 5.41) is 1.06. The molecule has 2 aromatic rings. The molecule has 12 heavy (non-hydrogen) atoms. The van der Waals surface area contributed by atoms with Crippen LogP contribution in [-0.2, 0) is 4.79 Å². The molecule has 2 nitrogen and oxygen atoms in total.